The largest absolute Gasteiger partial charge is 0.477 e. The maximum atomic E-state index is 13.0. The first kappa shape index (κ1) is 86.9. The molecule has 0 aromatic carbocycles. The van der Waals surface area contributed by atoms with E-state index in [1.165, 1.54) is 38.5 Å². The molecule has 0 fully saturated rings. The van der Waals surface area contributed by atoms with E-state index in [4.69, 9.17) is 18.9 Å². The van der Waals surface area contributed by atoms with Crippen molar-refractivity contribution in [2.24, 2.45) is 0 Å². The lowest BCUT2D eigenvalue weighted by Crippen LogP contribution is -2.40. The Labute approximate surface area is 569 Å². The Morgan fingerprint density at radius 3 is 0.860 bits per heavy atom. The molecule has 520 valence electrons. The highest BCUT2D eigenvalue weighted by Crippen LogP contribution is 2.15. The first-order valence-electron chi connectivity index (χ1n) is 36.2. The van der Waals surface area contributed by atoms with E-state index < -0.39 is 24.3 Å². The van der Waals surface area contributed by atoms with E-state index in [0.717, 1.165) is 173 Å². The Balaban J connectivity index is 4.25. The molecule has 0 aliphatic heterocycles. The molecule has 0 spiro atoms. The van der Waals surface area contributed by atoms with Gasteiger partial charge in [0.05, 0.1) is 34.4 Å². The number of esters is 2. The number of carbonyl (C=O) groups is 3. The van der Waals surface area contributed by atoms with Crippen molar-refractivity contribution in [3.05, 3.63) is 207 Å². The van der Waals surface area contributed by atoms with Gasteiger partial charge in [-0.3, -0.25) is 9.59 Å². The molecule has 2 unspecified atom stereocenters. The number of likely N-dealkylation sites (N-methyl/N-ethyl adjacent to an activating group) is 1. The van der Waals surface area contributed by atoms with Crippen molar-refractivity contribution >= 4 is 17.9 Å². The quantitative estimate of drug-likeness (QED) is 0.0211. The molecule has 0 amide bonds. The van der Waals surface area contributed by atoms with Crippen LogP contribution in [0.5, 0.6) is 0 Å². The molecule has 0 aliphatic carbocycles. The van der Waals surface area contributed by atoms with E-state index in [1.54, 1.807) is 0 Å². The number of hydrogen-bond acceptors (Lipinski definition) is 7. The maximum absolute atomic E-state index is 13.0. The molecule has 0 aromatic rings. The Hall–Kier alpha value is -6.13. The van der Waals surface area contributed by atoms with Gasteiger partial charge in [0, 0.05) is 12.8 Å². The van der Waals surface area contributed by atoms with Crippen LogP contribution in [0.3, 0.4) is 0 Å². The lowest BCUT2D eigenvalue weighted by Gasteiger charge is -2.25. The summed E-state index contributed by atoms with van der Waals surface area (Å²) in [6.45, 7) is 4.59. The fourth-order valence-electron chi connectivity index (χ4n) is 9.08. The average Bonchev–Trinajstić information content (AvgIpc) is 3.74. The molecule has 2 atom stereocenters. The molecule has 9 heteroatoms. The van der Waals surface area contributed by atoms with Gasteiger partial charge in [0.1, 0.15) is 13.2 Å². The summed E-state index contributed by atoms with van der Waals surface area (Å²) in [5.74, 6) is -2.06. The van der Waals surface area contributed by atoms with E-state index in [9.17, 15) is 19.5 Å². The van der Waals surface area contributed by atoms with Crippen LogP contribution in [0.15, 0.2) is 207 Å². The fourth-order valence-corrected chi connectivity index (χ4v) is 9.08. The first-order valence-corrected chi connectivity index (χ1v) is 36.2. The Bertz CT molecular complexity index is 2280. The second-order valence-corrected chi connectivity index (χ2v) is 24.4. The van der Waals surface area contributed by atoms with Gasteiger partial charge < -0.3 is 28.5 Å². The predicted octanol–water partition coefficient (Wildman–Crippen LogP) is 23.1. The summed E-state index contributed by atoms with van der Waals surface area (Å²) in [7, 11) is 5.95. The van der Waals surface area contributed by atoms with Gasteiger partial charge >= 0.3 is 17.9 Å². The molecule has 0 bridgehead atoms. The lowest BCUT2D eigenvalue weighted by molar-refractivity contribution is -0.870. The Kier molecular flexibility index (Phi) is 67.0. The van der Waals surface area contributed by atoms with Gasteiger partial charge in [-0.25, -0.2) is 4.79 Å². The normalized spacial score (nSPS) is 13.9. The van der Waals surface area contributed by atoms with E-state index in [2.05, 4.69) is 220 Å². The summed E-state index contributed by atoms with van der Waals surface area (Å²) in [5, 5.41) is 9.76. The summed E-state index contributed by atoms with van der Waals surface area (Å²) in [5.41, 5.74) is 0. The van der Waals surface area contributed by atoms with Gasteiger partial charge in [0.15, 0.2) is 6.10 Å². The molecule has 0 radical (unpaired) electrons. The maximum Gasteiger partial charge on any atom is 0.361 e. The van der Waals surface area contributed by atoms with E-state index >= 15 is 0 Å². The number of carbonyl (C=O) groups excluding carboxylic acids is 2. The smallest absolute Gasteiger partial charge is 0.361 e. The highest BCUT2D eigenvalue weighted by Gasteiger charge is 2.25. The molecule has 93 heavy (non-hydrogen) atoms. The van der Waals surface area contributed by atoms with Crippen molar-refractivity contribution in [1.82, 2.24) is 0 Å². The second kappa shape index (κ2) is 71.7. The minimum atomic E-state index is -1.53. The van der Waals surface area contributed by atoms with E-state index in [1.807, 2.05) is 21.1 Å². The number of nitrogens with zero attached hydrogens (tertiary/aromatic N) is 1. The summed E-state index contributed by atoms with van der Waals surface area (Å²) in [4.78, 5) is 37.7. The Morgan fingerprint density at radius 2 is 0.581 bits per heavy atom. The summed E-state index contributed by atoms with van der Waals surface area (Å²) < 4.78 is 22.9. The topological polar surface area (TPSA) is 108 Å². The van der Waals surface area contributed by atoms with Gasteiger partial charge in [-0.1, -0.05) is 291 Å². The third-order valence-electron chi connectivity index (χ3n) is 14.5. The number of carboxylic acids is 1. The van der Waals surface area contributed by atoms with Gasteiger partial charge in [-0.05, 0) is 148 Å². The molecule has 0 saturated heterocycles. The van der Waals surface area contributed by atoms with Crippen molar-refractivity contribution < 1.29 is 42.9 Å². The van der Waals surface area contributed by atoms with Crippen molar-refractivity contribution in [3.63, 3.8) is 0 Å². The lowest BCUT2D eigenvalue weighted by atomic mass is 10.1. The minimum absolute atomic E-state index is 0.171. The summed E-state index contributed by atoms with van der Waals surface area (Å²) in [6, 6.07) is 0. The monoisotopic (exact) mass is 1280 g/mol. The van der Waals surface area contributed by atoms with Crippen LogP contribution >= 0.6 is 0 Å². The van der Waals surface area contributed by atoms with Crippen molar-refractivity contribution in [2.75, 3.05) is 47.5 Å². The zero-order valence-electron chi connectivity index (χ0n) is 59.3. The number of rotatable bonds is 64. The van der Waals surface area contributed by atoms with Gasteiger partial charge in [0.25, 0.3) is 6.29 Å². The molecule has 0 saturated carbocycles. The first-order chi connectivity index (χ1) is 45.6. The number of unbranched alkanes of at least 4 members (excludes halogenated alkanes) is 15. The van der Waals surface area contributed by atoms with Crippen LogP contribution in [0, 0.1) is 0 Å². The highest BCUT2D eigenvalue weighted by molar-refractivity contribution is 5.71. The molecule has 0 aliphatic rings. The van der Waals surface area contributed by atoms with Gasteiger partial charge in [-0.15, -0.1) is 0 Å². The van der Waals surface area contributed by atoms with Crippen LogP contribution in [0.1, 0.15) is 245 Å². The average molecular weight is 1280 g/mol. The SMILES string of the molecule is CC/C=C\C/C=C\C/C=C\C/C=C\C/C=C\C/C=C\C/C=C\C/C=C\C/C=C\CCCCCCCC(=O)OC(COC(=O)CCCCCCCCCCCC/C=C\C/C=C\C/C=C\C/C=C\C/C=C\C/C=C\C/C=C\C/C=C\CC)COC(OCC[N+](C)(C)C)C(=O)O. The molecular weight excluding hydrogens is 1150 g/mol. The summed E-state index contributed by atoms with van der Waals surface area (Å²) >= 11 is 0. The third-order valence-corrected chi connectivity index (χ3v) is 14.5. The molecule has 0 rings (SSSR count). The van der Waals surface area contributed by atoms with Gasteiger partial charge in [-0.2, -0.15) is 0 Å². The molecule has 0 aromatic heterocycles. The van der Waals surface area contributed by atoms with Crippen LogP contribution in [-0.4, -0.2) is 87.4 Å². The number of hydrogen-bond donors (Lipinski definition) is 1. The minimum Gasteiger partial charge on any atom is -0.477 e. The summed E-state index contributed by atoms with van der Waals surface area (Å²) in [6.07, 6.45) is 109. The van der Waals surface area contributed by atoms with E-state index in [-0.39, 0.29) is 38.6 Å². The van der Waals surface area contributed by atoms with Crippen LogP contribution in [-0.2, 0) is 33.3 Å². The number of aliphatic carboxylic acids is 1. The standard InChI is InChI=1S/C84H131NO8/c1-6-8-10-12-14-16-18-20-22-24-26-28-30-32-34-36-38-40-41-43-44-46-48-50-52-54-56-58-60-62-64-66-68-70-72-74-81(86)91-78-80(79-92-84(83(88)89)90-77-76-85(3,4)5)93-82(87)75-73-71-69-67-65-63-61-59-57-55-53-51-49-47-45-42-39-37-35-33-31-29-27-25-23-21-19-17-15-13-11-9-7-2/h8-11,14-17,20-23,26-29,32-35,38-40,42-44,47-50,53,55,59,61,80,84H,6-7,12-13,18-19,24-25,30-31,36-37,41,45-46,51-52,54,56-58,60,62-79H2,1-5H3/p+1/b10-8-,11-9-,16-14-,17-15-,22-20-,23-21-,28-26-,29-27-,34-32-,35-33-,40-38-,42-39-,44-43-,49-47-,50-48-,55-53-,61-59-. The van der Waals surface area contributed by atoms with Gasteiger partial charge in [0.2, 0.25) is 0 Å². The third kappa shape index (κ3) is 73.1. The highest BCUT2D eigenvalue weighted by atomic mass is 16.7. The van der Waals surface area contributed by atoms with Crippen LogP contribution in [0.25, 0.3) is 0 Å². The number of quaternary nitrogens is 1. The van der Waals surface area contributed by atoms with Crippen LogP contribution < -0.4 is 0 Å². The number of ether oxygens (including phenoxy) is 4. The zero-order valence-corrected chi connectivity index (χ0v) is 59.3. The van der Waals surface area contributed by atoms with Crippen LogP contribution in [0.2, 0.25) is 0 Å². The van der Waals surface area contributed by atoms with Crippen molar-refractivity contribution in [1.29, 1.82) is 0 Å². The second-order valence-electron chi connectivity index (χ2n) is 24.4. The van der Waals surface area contributed by atoms with Crippen LogP contribution in [0.4, 0.5) is 0 Å². The number of carboxylic acid groups (broad SMARTS) is 1. The molecule has 1 N–H and O–H groups in total. The predicted molar refractivity (Wildman–Crippen MR) is 400 cm³/mol. The number of allylic oxidation sites excluding steroid dienone is 34. The Morgan fingerprint density at radius 1 is 0.323 bits per heavy atom. The van der Waals surface area contributed by atoms with E-state index in [0.29, 0.717) is 17.4 Å². The molecule has 0 heterocycles. The fraction of sp³-hybridized carbons (Fsp3) is 0.560. The zero-order chi connectivity index (χ0) is 67.5. The molecule has 9 nitrogen and oxygen atoms in total. The van der Waals surface area contributed by atoms with Crippen molar-refractivity contribution in [3.8, 4) is 0 Å². The van der Waals surface area contributed by atoms with Crippen molar-refractivity contribution in [2.45, 2.75) is 257 Å². The molecular formula is C84H132NO8+.